The number of carbonyl (C=O) groups excluding carboxylic acids is 4. The summed E-state index contributed by atoms with van der Waals surface area (Å²) in [5, 5.41) is 9.67. The van der Waals surface area contributed by atoms with Crippen molar-refractivity contribution in [3.8, 4) is 0 Å². The first-order valence-corrected chi connectivity index (χ1v) is 14.5. The number of hydrogen-bond donors (Lipinski definition) is 10. The summed E-state index contributed by atoms with van der Waals surface area (Å²) in [6.45, 7) is 2.45. The molecule has 46 heavy (non-hydrogen) atoms. The van der Waals surface area contributed by atoms with E-state index in [0.717, 1.165) is 0 Å². The van der Waals surface area contributed by atoms with Crippen LogP contribution in [0.3, 0.4) is 0 Å². The summed E-state index contributed by atoms with van der Waals surface area (Å²) >= 11 is 11.5. The molecular formula is C24H36Cl2N16O4. The molecule has 250 valence electrons. The molecule has 1 atom stereocenters. The third-order valence-corrected chi connectivity index (χ3v) is 6.35. The molecule has 0 saturated heterocycles. The number of anilines is 4. The van der Waals surface area contributed by atoms with E-state index in [-0.39, 0.29) is 94.6 Å². The zero-order valence-electron chi connectivity index (χ0n) is 24.8. The normalized spacial score (nSPS) is 12.2. The Hall–Kier alpha value is -5.24. The van der Waals surface area contributed by atoms with E-state index in [4.69, 9.17) is 57.6 Å². The second-order valence-electron chi connectivity index (χ2n) is 9.34. The van der Waals surface area contributed by atoms with Crippen LogP contribution in [0.25, 0.3) is 0 Å². The lowest BCUT2D eigenvalue weighted by molar-refractivity contribution is -0.129. The summed E-state index contributed by atoms with van der Waals surface area (Å²) in [6.07, 6.45) is 1.79. The predicted molar refractivity (Wildman–Crippen MR) is 173 cm³/mol. The van der Waals surface area contributed by atoms with Crippen LogP contribution in [0.2, 0.25) is 10.3 Å². The van der Waals surface area contributed by atoms with Gasteiger partial charge in [-0.1, -0.05) is 30.1 Å². The van der Waals surface area contributed by atoms with Crippen LogP contribution in [-0.4, -0.2) is 81.2 Å². The highest BCUT2D eigenvalue weighted by Crippen LogP contribution is 2.18. The minimum absolute atomic E-state index is 0.0565. The number of nitrogens with one attached hydrogen (secondary N) is 4. The molecule has 0 aliphatic heterocycles. The smallest absolute Gasteiger partial charge is 0.280 e. The monoisotopic (exact) mass is 682 g/mol. The van der Waals surface area contributed by atoms with E-state index in [1.165, 1.54) is 0 Å². The van der Waals surface area contributed by atoms with E-state index in [1.807, 2.05) is 0 Å². The maximum Gasteiger partial charge on any atom is 0.280 e. The molecule has 0 aromatic carbocycles. The molecule has 16 N–H and O–H groups in total. The van der Waals surface area contributed by atoms with Gasteiger partial charge in [0.2, 0.25) is 11.8 Å². The lowest BCUT2D eigenvalue weighted by atomic mass is 10.2. The minimum atomic E-state index is -0.786. The molecule has 4 amide bonds. The number of nitrogens with zero attached hydrogens (tertiary/aromatic N) is 6. The van der Waals surface area contributed by atoms with Crippen LogP contribution in [0.1, 0.15) is 60.0 Å². The molecule has 20 nitrogen and oxygen atoms in total. The average Bonchev–Trinajstić information content (AvgIpc) is 2.99. The molecule has 0 fully saturated rings. The molecule has 0 unspecified atom stereocenters. The Morgan fingerprint density at radius 2 is 1.22 bits per heavy atom. The van der Waals surface area contributed by atoms with E-state index in [2.05, 4.69) is 51.2 Å². The Kier molecular flexibility index (Phi) is 14.4. The highest BCUT2D eigenvalue weighted by molar-refractivity contribution is 6.32. The number of hydrogen-bond acceptors (Lipinski definition) is 14. The molecule has 22 heteroatoms. The molecule has 2 rings (SSSR count). The maximum atomic E-state index is 12.5. The highest BCUT2D eigenvalue weighted by atomic mass is 35.5. The van der Waals surface area contributed by atoms with Crippen LogP contribution in [0.15, 0.2) is 9.98 Å². The number of unbranched alkanes of at least 4 members (excludes halogenated alkanes) is 1. The summed E-state index contributed by atoms with van der Waals surface area (Å²) in [4.78, 5) is 72.4. The van der Waals surface area contributed by atoms with Crippen molar-refractivity contribution in [1.82, 2.24) is 41.2 Å². The second-order valence-corrected chi connectivity index (χ2v) is 10.1. The zero-order chi connectivity index (χ0) is 34.4. The Labute approximate surface area is 272 Å². The van der Waals surface area contributed by atoms with Crippen molar-refractivity contribution in [2.24, 2.45) is 21.5 Å². The molecule has 0 bridgehead atoms. The third-order valence-electron chi connectivity index (χ3n) is 5.79. The summed E-state index contributed by atoms with van der Waals surface area (Å²) in [7, 11) is 0. The van der Waals surface area contributed by atoms with E-state index in [1.54, 1.807) is 6.92 Å². The summed E-state index contributed by atoms with van der Waals surface area (Å²) in [6, 6.07) is -0.736. The van der Waals surface area contributed by atoms with Crippen LogP contribution >= 0.6 is 23.2 Å². The number of guanidine groups is 2. The molecule has 0 radical (unpaired) electrons. The Morgan fingerprint density at radius 1 is 0.739 bits per heavy atom. The fourth-order valence-corrected chi connectivity index (χ4v) is 3.73. The zero-order valence-corrected chi connectivity index (χ0v) is 26.3. The minimum Gasteiger partial charge on any atom is -0.382 e. The van der Waals surface area contributed by atoms with Crippen molar-refractivity contribution in [3.05, 3.63) is 21.7 Å². The first-order chi connectivity index (χ1) is 21.7. The van der Waals surface area contributed by atoms with Crippen molar-refractivity contribution < 1.29 is 19.2 Å². The maximum absolute atomic E-state index is 12.5. The Bertz CT molecular complexity index is 1500. The van der Waals surface area contributed by atoms with Gasteiger partial charge in [0.05, 0.1) is 0 Å². The van der Waals surface area contributed by atoms with Gasteiger partial charge >= 0.3 is 0 Å². The molecule has 2 aromatic rings. The van der Waals surface area contributed by atoms with Crippen molar-refractivity contribution in [2.45, 2.75) is 45.1 Å². The molecule has 0 spiro atoms. The van der Waals surface area contributed by atoms with Gasteiger partial charge in [-0.3, -0.25) is 39.8 Å². The summed E-state index contributed by atoms with van der Waals surface area (Å²) < 4.78 is 0. The van der Waals surface area contributed by atoms with Gasteiger partial charge in [0.15, 0.2) is 56.9 Å². The Balaban J connectivity index is 1.66. The fraction of sp³-hybridized carbons (Fsp3) is 0.417. The number of carbonyl (C=O) groups is 4. The molecule has 2 aromatic heterocycles. The van der Waals surface area contributed by atoms with Crippen LogP contribution < -0.4 is 55.7 Å². The van der Waals surface area contributed by atoms with Gasteiger partial charge in [0.25, 0.3) is 11.8 Å². The van der Waals surface area contributed by atoms with Crippen molar-refractivity contribution >= 4 is 82.0 Å². The van der Waals surface area contributed by atoms with E-state index in [9.17, 15) is 19.2 Å². The second kappa shape index (κ2) is 17.9. The predicted octanol–water partition coefficient (Wildman–Crippen LogP) is -1.74. The molecular weight excluding hydrogens is 647 g/mol. The van der Waals surface area contributed by atoms with E-state index < -0.39 is 17.9 Å². The molecule has 0 saturated carbocycles. The van der Waals surface area contributed by atoms with Crippen LogP contribution in [0.5, 0.6) is 0 Å². The average molecular weight is 684 g/mol. The topological polar surface area (TPSA) is 349 Å². The van der Waals surface area contributed by atoms with Crippen molar-refractivity contribution in [2.75, 3.05) is 42.6 Å². The summed E-state index contributed by atoms with van der Waals surface area (Å²) in [5.41, 5.74) is 33.1. The van der Waals surface area contributed by atoms with E-state index in [0.29, 0.717) is 25.8 Å². The Morgan fingerprint density at radius 3 is 1.70 bits per heavy atom. The van der Waals surface area contributed by atoms with Gasteiger partial charge in [-0.15, -0.1) is 0 Å². The lowest BCUT2D eigenvalue weighted by Crippen LogP contribution is -2.46. The largest absolute Gasteiger partial charge is 0.382 e. The van der Waals surface area contributed by atoms with Gasteiger partial charge in [0, 0.05) is 26.1 Å². The fourth-order valence-electron chi connectivity index (χ4n) is 3.48. The number of aromatic nitrogens is 4. The van der Waals surface area contributed by atoms with Gasteiger partial charge < -0.3 is 45.0 Å². The molecule has 2 heterocycles. The number of nitrogen functional groups attached to an aromatic ring is 4. The van der Waals surface area contributed by atoms with Crippen LogP contribution in [0, 0.1) is 0 Å². The molecule has 0 aliphatic rings. The highest BCUT2D eigenvalue weighted by Gasteiger charge is 2.19. The van der Waals surface area contributed by atoms with Crippen LogP contribution in [0.4, 0.5) is 23.3 Å². The quantitative estimate of drug-likeness (QED) is 0.0601. The van der Waals surface area contributed by atoms with Gasteiger partial charge in [-0.2, -0.15) is 0 Å². The standard InChI is InChI=1S/C24H36Cl2N16O4/c1-2-10(36-11(43)6-5-9-35-24(32)42-22(46)13-17(28)40-19(30)15(26)38-13)20(44)33-7-3-4-8-34-23(31)41-21(45)12-16(27)39-18(29)14(25)37-12/h10H,2-9H2,1H3,(H,33,44)(H,36,43)(H4,27,29,39)(H4,28,30,40)(H3,31,34,41,45)(H3,32,35,42,46)/t10-/m0/s1. The molecule has 0 aliphatic carbocycles. The van der Waals surface area contributed by atoms with E-state index >= 15 is 0 Å². The number of amides is 4. The first kappa shape index (κ1) is 36.9. The van der Waals surface area contributed by atoms with Gasteiger partial charge in [-0.05, 0) is 25.7 Å². The summed E-state index contributed by atoms with van der Waals surface area (Å²) in [5.74, 6) is -3.33. The number of nitrogens with two attached hydrogens (primary N) is 6. The van der Waals surface area contributed by atoms with Crippen molar-refractivity contribution in [1.29, 1.82) is 0 Å². The number of aliphatic imine (C=N–C) groups is 2. The first-order valence-electron chi connectivity index (χ1n) is 13.7. The number of rotatable bonds is 14. The van der Waals surface area contributed by atoms with Gasteiger partial charge in [-0.25, -0.2) is 19.9 Å². The SMILES string of the molecule is CC[C@H](NC(=O)CCCN=C(N)NC(=O)c1nc(Cl)c(N)nc1N)C(=O)NCCCCN=C(N)NC(=O)c1nc(Cl)c(N)nc1N. The lowest BCUT2D eigenvalue weighted by Gasteiger charge is -2.16. The van der Waals surface area contributed by atoms with Crippen LogP contribution in [-0.2, 0) is 9.59 Å². The number of halogens is 2. The third kappa shape index (κ3) is 11.7. The van der Waals surface area contributed by atoms with Gasteiger partial charge in [0.1, 0.15) is 6.04 Å². The van der Waals surface area contributed by atoms with Crippen molar-refractivity contribution in [3.63, 3.8) is 0 Å².